The normalized spacial score (nSPS) is 11.3. The first kappa shape index (κ1) is 18.2. The second-order valence-electron chi connectivity index (χ2n) is 5.19. The molecular weight excluding hydrogens is 320 g/mol. The van der Waals surface area contributed by atoms with Crippen LogP contribution in [0.2, 0.25) is 0 Å². The summed E-state index contributed by atoms with van der Waals surface area (Å²) in [6.07, 6.45) is 2.89. The molecule has 0 saturated carbocycles. The van der Waals surface area contributed by atoms with Crippen LogP contribution in [-0.4, -0.2) is 37.0 Å². The Hall–Kier alpha value is -2.18. The van der Waals surface area contributed by atoms with Crippen molar-refractivity contribution >= 4 is 23.4 Å². The molecule has 0 aliphatic carbocycles. The Bertz CT molecular complexity index is 658. The zero-order valence-corrected chi connectivity index (χ0v) is 14.6. The molecule has 0 aromatic heterocycles. The molecular formula is C18H24N4OS. The molecule has 2 aromatic rings. The van der Waals surface area contributed by atoms with Gasteiger partial charge in [0.15, 0.2) is 5.96 Å². The van der Waals surface area contributed by atoms with Gasteiger partial charge in [-0.3, -0.25) is 4.99 Å². The summed E-state index contributed by atoms with van der Waals surface area (Å²) in [4.78, 5) is 5.64. The van der Waals surface area contributed by atoms with Gasteiger partial charge in [-0.1, -0.05) is 24.3 Å². The van der Waals surface area contributed by atoms with Gasteiger partial charge in [0.05, 0.1) is 12.2 Å². The van der Waals surface area contributed by atoms with E-state index in [-0.39, 0.29) is 5.75 Å². The number of para-hydroxylation sites is 1. The number of anilines is 1. The van der Waals surface area contributed by atoms with Crippen LogP contribution in [-0.2, 0) is 6.42 Å². The van der Waals surface area contributed by atoms with E-state index in [1.54, 1.807) is 23.9 Å². The fourth-order valence-electron chi connectivity index (χ4n) is 2.18. The molecule has 2 rings (SSSR count). The highest BCUT2D eigenvalue weighted by molar-refractivity contribution is 7.98. The van der Waals surface area contributed by atoms with Gasteiger partial charge >= 0.3 is 0 Å². The summed E-state index contributed by atoms with van der Waals surface area (Å²) in [6.45, 7) is 1.81. The number of nitrogens with two attached hydrogens (primary N) is 1. The molecule has 0 radical (unpaired) electrons. The Balaban J connectivity index is 1.96. The van der Waals surface area contributed by atoms with Gasteiger partial charge in [-0.15, -0.1) is 11.8 Å². The number of phenolic OH excluding ortho intramolecular Hbond substituents is 1. The number of hydrogen-bond acceptors (Lipinski definition) is 4. The minimum absolute atomic E-state index is 0.284. The summed E-state index contributed by atoms with van der Waals surface area (Å²) < 4.78 is 0. The van der Waals surface area contributed by atoms with Crippen molar-refractivity contribution in [2.75, 3.05) is 31.2 Å². The third-order valence-electron chi connectivity index (χ3n) is 3.40. The van der Waals surface area contributed by atoms with E-state index in [4.69, 9.17) is 5.73 Å². The predicted molar refractivity (Wildman–Crippen MR) is 103 cm³/mol. The van der Waals surface area contributed by atoms with E-state index < -0.39 is 0 Å². The molecule has 5 N–H and O–H groups in total. The standard InChI is InChI=1S/C18H24N4OS/c1-24-17-5-3-2-4-16(17)22-18(21-13-11-19)20-12-10-14-6-8-15(23)9-7-14/h2-9,23H,10-13,19H2,1H3,(H2,20,21,22). The van der Waals surface area contributed by atoms with Gasteiger partial charge in [0.25, 0.3) is 0 Å². The zero-order chi connectivity index (χ0) is 17.2. The summed E-state index contributed by atoms with van der Waals surface area (Å²) in [6, 6.07) is 15.4. The predicted octanol–water partition coefficient (Wildman–Crippen LogP) is 2.67. The van der Waals surface area contributed by atoms with Gasteiger partial charge < -0.3 is 21.5 Å². The molecule has 0 bridgehead atoms. The molecule has 0 unspecified atom stereocenters. The molecule has 24 heavy (non-hydrogen) atoms. The Morgan fingerprint density at radius 2 is 1.92 bits per heavy atom. The summed E-state index contributed by atoms with van der Waals surface area (Å²) >= 11 is 1.69. The van der Waals surface area contributed by atoms with Crippen LogP contribution >= 0.6 is 11.8 Å². The van der Waals surface area contributed by atoms with Gasteiger partial charge in [0.1, 0.15) is 5.75 Å². The Labute approximate surface area is 147 Å². The Kier molecular flexibility index (Phi) is 7.45. The van der Waals surface area contributed by atoms with Gasteiger partial charge in [-0.05, 0) is 42.5 Å². The van der Waals surface area contributed by atoms with E-state index in [1.807, 2.05) is 30.3 Å². The molecule has 0 aliphatic rings. The number of aliphatic imine (C=N–C) groups is 1. The second-order valence-corrected chi connectivity index (χ2v) is 6.04. The summed E-state index contributed by atoms with van der Waals surface area (Å²) in [5.41, 5.74) is 7.75. The van der Waals surface area contributed by atoms with Crippen molar-refractivity contribution in [3.63, 3.8) is 0 Å². The van der Waals surface area contributed by atoms with Crippen LogP contribution in [0.4, 0.5) is 5.69 Å². The molecule has 0 aliphatic heterocycles. The number of guanidine groups is 1. The van der Waals surface area contributed by atoms with Crippen LogP contribution in [0.3, 0.4) is 0 Å². The maximum Gasteiger partial charge on any atom is 0.195 e. The topological polar surface area (TPSA) is 82.7 Å². The van der Waals surface area contributed by atoms with E-state index >= 15 is 0 Å². The zero-order valence-electron chi connectivity index (χ0n) is 13.8. The fourth-order valence-corrected chi connectivity index (χ4v) is 2.73. The van der Waals surface area contributed by atoms with Crippen molar-refractivity contribution in [1.82, 2.24) is 5.32 Å². The van der Waals surface area contributed by atoms with Gasteiger partial charge in [-0.25, -0.2) is 0 Å². The lowest BCUT2D eigenvalue weighted by Crippen LogP contribution is -2.33. The molecule has 0 heterocycles. The third kappa shape index (κ3) is 5.79. The number of hydrogen-bond donors (Lipinski definition) is 4. The monoisotopic (exact) mass is 344 g/mol. The average molecular weight is 344 g/mol. The van der Waals surface area contributed by atoms with Crippen LogP contribution in [0, 0.1) is 0 Å². The summed E-state index contributed by atoms with van der Waals surface area (Å²) in [5.74, 6) is 1.01. The third-order valence-corrected chi connectivity index (χ3v) is 4.20. The first-order chi connectivity index (χ1) is 11.7. The molecule has 0 spiro atoms. The molecule has 0 atom stereocenters. The van der Waals surface area contributed by atoms with E-state index in [2.05, 4.69) is 27.9 Å². The molecule has 128 valence electrons. The maximum atomic E-state index is 9.32. The lowest BCUT2D eigenvalue weighted by Gasteiger charge is -2.15. The highest BCUT2D eigenvalue weighted by Crippen LogP contribution is 2.24. The van der Waals surface area contributed by atoms with Crippen LogP contribution in [0.15, 0.2) is 58.4 Å². The van der Waals surface area contributed by atoms with Gasteiger partial charge in [-0.2, -0.15) is 0 Å². The van der Waals surface area contributed by atoms with Crippen LogP contribution in [0.25, 0.3) is 0 Å². The maximum absolute atomic E-state index is 9.32. The quantitative estimate of drug-likeness (QED) is 0.353. The average Bonchev–Trinajstić information content (AvgIpc) is 2.61. The molecule has 0 fully saturated rings. The first-order valence-corrected chi connectivity index (χ1v) is 9.11. The lowest BCUT2D eigenvalue weighted by atomic mass is 10.1. The number of nitrogens with one attached hydrogen (secondary N) is 2. The van der Waals surface area contributed by atoms with Crippen molar-refractivity contribution in [3.05, 3.63) is 54.1 Å². The first-order valence-electron chi connectivity index (χ1n) is 7.89. The number of rotatable bonds is 7. The number of nitrogens with zero attached hydrogens (tertiary/aromatic N) is 1. The smallest absolute Gasteiger partial charge is 0.195 e. The van der Waals surface area contributed by atoms with Gasteiger partial charge in [0, 0.05) is 18.0 Å². The minimum atomic E-state index is 0.284. The summed E-state index contributed by atoms with van der Waals surface area (Å²) in [7, 11) is 0. The number of thioether (sulfide) groups is 1. The van der Waals surface area contributed by atoms with E-state index in [0.717, 1.165) is 30.2 Å². The number of benzene rings is 2. The molecule has 0 amide bonds. The van der Waals surface area contributed by atoms with E-state index in [1.165, 1.54) is 4.90 Å². The fraction of sp³-hybridized carbons (Fsp3) is 0.278. The Morgan fingerprint density at radius 3 is 2.62 bits per heavy atom. The van der Waals surface area contributed by atoms with Crippen molar-refractivity contribution in [3.8, 4) is 5.75 Å². The number of phenols is 1. The van der Waals surface area contributed by atoms with E-state index in [9.17, 15) is 5.11 Å². The minimum Gasteiger partial charge on any atom is -0.508 e. The van der Waals surface area contributed by atoms with Crippen LogP contribution in [0.5, 0.6) is 5.75 Å². The molecule has 5 nitrogen and oxygen atoms in total. The summed E-state index contributed by atoms with van der Waals surface area (Å²) in [5, 5.41) is 16.0. The highest BCUT2D eigenvalue weighted by atomic mass is 32.2. The van der Waals surface area contributed by atoms with Gasteiger partial charge in [0.2, 0.25) is 0 Å². The lowest BCUT2D eigenvalue weighted by molar-refractivity contribution is 0.475. The Morgan fingerprint density at radius 1 is 1.17 bits per heavy atom. The molecule has 6 heteroatoms. The van der Waals surface area contributed by atoms with E-state index in [0.29, 0.717) is 13.1 Å². The highest BCUT2D eigenvalue weighted by Gasteiger charge is 2.04. The van der Waals surface area contributed by atoms with Crippen molar-refractivity contribution in [2.24, 2.45) is 10.7 Å². The SMILES string of the molecule is CSc1ccccc1NC(=NCCN)NCCc1ccc(O)cc1. The largest absolute Gasteiger partial charge is 0.508 e. The van der Waals surface area contributed by atoms with Crippen molar-refractivity contribution in [1.29, 1.82) is 0 Å². The second kappa shape index (κ2) is 9.85. The van der Waals surface area contributed by atoms with Crippen molar-refractivity contribution < 1.29 is 5.11 Å². The number of aromatic hydroxyl groups is 1. The molecule has 2 aromatic carbocycles. The van der Waals surface area contributed by atoms with Crippen LogP contribution in [0.1, 0.15) is 5.56 Å². The van der Waals surface area contributed by atoms with Crippen molar-refractivity contribution in [2.45, 2.75) is 11.3 Å². The molecule has 0 saturated heterocycles. The van der Waals surface area contributed by atoms with Crippen LogP contribution < -0.4 is 16.4 Å².